The van der Waals surface area contributed by atoms with Crippen LogP contribution < -0.4 is 0 Å². The Bertz CT molecular complexity index is 1170. The number of likely N-dealkylation sites (tertiary alicyclic amines) is 1. The molecule has 0 spiro atoms. The second kappa shape index (κ2) is 9.36. The first-order chi connectivity index (χ1) is 16.2. The third-order valence-electron chi connectivity index (χ3n) is 6.14. The molecule has 5 nitrogen and oxygen atoms in total. The van der Waals surface area contributed by atoms with Crippen molar-refractivity contribution in [2.75, 3.05) is 13.1 Å². The molecule has 166 valence electrons. The van der Waals surface area contributed by atoms with Crippen molar-refractivity contribution >= 4 is 5.91 Å². The topological polar surface area (TPSA) is 59.2 Å². The van der Waals surface area contributed by atoms with Crippen molar-refractivity contribution in [2.45, 2.75) is 24.7 Å². The standard InChI is InChI=1S/C27H24FN3O2/c28-23-15-13-21(14-16-23)25-29-26(33-30-25)22-12-7-17-31(18-22)27(32)24(19-8-3-1-4-9-19)20-10-5-2-6-11-20/h1-6,8-11,13-16,22,24H,7,12,17-18H2/t22-/m1/s1. The van der Waals surface area contributed by atoms with Crippen molar-refractivity contribution in [3.05, 3.63) is 108 Å². The lowest BCUT2D eigenvalue weighted by atomic mass is 9.88. The Morgan fingerprint density at radius 2 is 1.58 bits per heavy atom. The number of carbonyl (C=O) groups excluding carboxylic acids is 1. The summed E-state index contributed by atoms with van der Waals surface area (Å²) in [4.78, 5) is 20.2. The number of rotatable bonds is 5. The molecule has 0 unspecified atom stereocenters. The van der Waals surface area contributed by atoms with E-state index in [0.29, 0.717) is 30.4 Å². The van der Waals surface area contributed by atoms with Gasteiger partial charge in [-0.25, -0.2) is 4.39 Å². The van der Waals surface area contributed by atoms with Gasteiger partial charge in [0.2, 0.25) is 17.6 Å². The van der Waals surface area contributed by atoms with Crippen molar-refractivity contribution in [2.24, 2.45) is 0 Å². The van der Waals surface area contributed by atoms with Crippen LogP contribution in [-0.4, -0.2) is 34.0 Å². The van der Waals surface area contributed by atoms with Gasteiger partial charge in [-0.05, 0) is 48.2 Å². The van der Waals surface area contributed by atoms with Crippen LogP contribution in [0.4, 0.5) is 4.39 Å². The van der Waals surface area contributed by atoms with E-state index in [1.165, 1.54) is 12.1 Å². The molecular formula is C27H24FN3O2. The first-order valence-electron chi connectivity index (χ1n) is 11.2. The summed E-state index contributed by atoms with van der Waals surface area (Å²) in [5, 5.41) is 4.08. The van der Waals surface area contributed by atoms with Crippen molar-refractivity contribution in [3.8, 4) is 11.4 Å². The van der Waals surface area contributed by atoms with Gasteiger partial charge < -0.3 is 9.42 Å². The number of benzene rings is 3. The maximum absolute atomic E-state index is 13.8. The molecule has 1 aliphatic rings. The number of hydrogen-bond acceptors (Lipinski definition) is 4. The third kappa shape index (κ3) is 4.55. The highest BCUT2D eigenvalue weighted by Crippen LogP contribution is 2.32. The summed E-state index contributed by atoms with van der Waals surface area (Å²) in [7, 11) is 0. The third-order valence-corrected chi connectivity index (χ3v) is 6.14. The minimum Gasteiger partial charge on any atom is -0.341 e. The average Bonchev–Trinajstić information content (AvgIpc) is 3.36. The molecule has 3 aromatic carbocycles. The molecule has 0 radical (unpaired) electrons. The highest BCUT2D eigenvalue weighted by molar-refractivity contribution is 5.87. The average molecular weight is 442 g/mol. The zero-order valence-electron chi connectivity index (χ0n) is 18.1. The van der Waals surface area contributed by atoms with Gasteiger partial charge in [-0.3, -0.25) is 4.79 Å². The van der Waals surface area contributed by atoms with Crippen LogP contribution in [0.3, 0.4) is 0 Å². The Hall–Kier alpha value is -3.80. The van der Waals surface area contributed by atoms with Gasteiger partial charge in [0.05, 0.1) is 11.8 Å². The van der Waals surface area contributed by atoms with Crippen LogP contribution >= 0.6 is 0 Å². The van der Waals surface area contributed by atoms with E-state index in [0.717, 1.165) is 24.0 Å². The Morgan fingerprint density at radius 3 is 2.21 bits per heavy atom. The molecule has 1 atom stereocenters. The van der Waals surface area contributed by atoms with Crippen LogP contribution in [0.25, 0.3) is 11.4 Å². The fourth-order valence-electron chi connectivity index (χ4n) is 4.45. The molecule has 0 N–H and O–H groups in total. The molecule has 1 amide bonds. The van der Waals surface area contributed by atoms with Crippen molar-refractivity contribution in [1.82, 2.24) is 15.0 Å². The lowest BCUT2D eigenvalue weighted by Gasteiger charge is -2.34. The molecule has 4 aromatic rings. The van der Waals surface area contributed by atoms with Gasteiger partial charge in [-0.1, -0.05) is 65.8 Å². The van der Waals surface area contributed by atoms with E-state index in [1.54, 1.807) is 12.1 Å². The molecule has 0 saturated carbocycles. The van der Waals surface area contributed by atoms with E-state index in [9.17, 15) is 9.18 Å². The number of hydrogen-bond donors (Lipinski definition) is 0. The second-order valence-electron chi connectivity index (χ2n) is 8.34. The van der Waals surface area contributed by atoms with Crippen molar-refractivity contribution in [1.29, 1.82) is 0 Å². The van der Waals surface area contributed by atoms with Gasteiger partial charge in [-0.15, -0.1) is 0 Å². The molecule has 1 fully saturated rings. The molecular weight excluding hydrogens is 417 g/mol. The summed E-state index contributed by atoms with van der Waals surface area (Å²) in [5.41, 5.74) is 2.66. The van der Waals surface area contributed by atoms with Crippen molar-refractivity contribution in [3.63, 3.8) is 0 Å². The summed E-state index contributed by atoms with van der Waals surface area (Å²) in [5.74, 6) is 0.327. The van der Waals surface area contributed by atoms with Gasteiger partial charge in [0.1, 0.15) is 5.82 Å². The quantitative estimate of drug-likeness (QED) is 0.415. The van der Waals surface area contributed by atoms with E-state index < -0.39 is 0 Å². The SMILES string of the molecule is O=C(C(c1ccccc1)c1ccccc1)N1CCC[C@@H](c2nc(-c3ccc(F)cc3)no2)C1. The summed E-state index contributed by atoms with van der Waals surface area (Å²) in [6, 6.07) is 25.8. The van der Waals surface area contributed by atoms with E-state index >= 15 is 0 Å². The highest BCUT2D eigenvalue weighted by Gasteiger charge is 2.33. The molecule has 1 aromatic heterocycles. The maximum atomic E-state index is 13.8. The highest BCUT2D eigenvalue weighted by atomic mass is 19.1. The molecule has 0 aliphatic carbocycles. The minimum atomic E-state index is -0.358. The number of piperidine rings is 1. The van der Waals surface area contributed by atoms with E-state index in [2.05, 4.69) is 10.1 Å². The minimum absolute atomic E-state index is 0.0309. The smallest absolute Gasteiger partial charge is 0.234 e. The lowest BCUT2D eigenvalue weighted by molar-refractivity contribution is -0.133. The molecule has 2 heterocycles. The molecule has 0 bridgehead atoms. The van der Waals surface area contributed by atoms with Gasteiger partial charge in [0.25, 0.3) is 0 Å². The van der Waals surface area contributed by atoms with Gasteiger partial charge in [0.15, 0.2) is 0 Å². The Balaban J connectivity index is 1.37. The summed E-state index contributed by atoms with van der Waals surface area (Å²) < 4.78 is 18.8. The number of aromatic nitrogens is 2. The molecule has 1 aliphatic heterocycles. The van der Waals surface area contributed by atoms with E-state index in [1.807, 2.05) is 65.6 Å². The largest absolute Gasteiger partial charge is 0.341 e. The number of halogens is 1. The number of amides is 1. The van der Waals surface area contributed by atoms with Crippen LogP contribution in [0.2, 0.25) is 0 Å². The molecule has 5 rings (SSSR count). The zero-order valence-corrected chi connectivity index (χ0v) is 18.1. The van der Waals surface area contributed by atoms with Crippen LogP contribution in [-0.2, 0) is 4.79 Å². The second-order valence-corrected chi connectivity index (χ2v) is 8.34. The Labute approximate surface area is 191 Å². The normalized spacial score (nSPS) is 16.2. The van der Waals surface area contributed by atoms with Crippen LogP contribution in [0.5, 0.6) is 0 Å². The molecule has 33 heavy (non-hydrogen) atoms. The summed E-state index contributed by atoms with van der Waals surface area (Å²) >= 11 is 0. The van der Waals surface area contributed by atoms with Crippen LogP contribution in [0.15, 0.2) is 89.5 Å². The van der Waals surface area contributed by atoms with Crippen LogP contribution in [0, 0.1) is 5.82 Å². The summed E-state index contributed by atoms with van der Waals surface area (Å²) in [6.07, 6.45) is 1.73. The Kier molecular flexibility index (Phi) is 5.98. The van der Waals surface area contributed by atoms with Crippen molar-refractivity contribution < 1.29 is 13.7 Å². The number of carbonyl (C=O) groups is 1. The first-order valence-corrected chi connectivity index (χ1v) is 11.2. The van der Waals surface area contributed by atoms with E-state index in [-0.39, 0.29) is 23.6 Å². The maximum Gasteiger partial charge on any atom is 0.234 e. The van der Waals surface area contributed by atoms with Gasteiger partial charge in [-0.2, -0.15) is 4.98 Å². The van der Waals surface area contributed by atoms with Gasteiger partial charge >= 0.3 is 0 Å². The summed E-state index contributed by atoms with van der Waals surface area (Å²) in [6.45, 7) is 1.23. The number of nitrogens with zero attached hydrogens (tertiary/aromatic N) is 3. The van der Waals surface area contributed by atoms with E-state index in [4.69, 9.17) is 4.52 Å². The fourth-order valence-corrected chi connectivity index (χ4v) is 4.45. The lowest BCUT2D eigenvalue weighted by Crippen LogP contribution is -2.42. The molecule has 1 saturated heterocycles. The van der Waals surface area contributed by atoms with Crippen LogP contribution in [0.1, 0.15) is 41.7 Å². The zero-order chi connectivity index (χ0) is 22.6. The first kappa shape index (κ1) is 21.1. The molecule has 6 heteroatoms. The Morgan fingerprint density at radius 1 is 0.939 bits per heavy atom. The predicted octanol–water partition coefficient (Wildman–Crippen LogP) is 5.41. The predicted molar refractivity (Wildman–Crippen MR) is 123 cm³/mol. The monoisotopic (exact) mass is 441 g/mol. The fraction of sp³-hybridized carbons (Fsp3) is 0.222. The van der Waals surface area contributed by atoms with Gasteiger partial charge in [0, 0.05) is 18.7 Å².